The van der Waals surface area contributed by atoms with Gasteiger partial charge < -0.3 is 19.5 Å². The fraction of sp³-hybridized carbons (Fsp3) is 0.160. The van der Waals surface area contributed by atoms with Crippen molar-refractivity contribution in [3.05, 3.63) is 80.8 Å². The van der Waals surface area contributed by atoms with E-state index in [-0.39, 0.29) is 18.4 Å². The molecule has 0 unspecified atom stereocenters. The fourth-order valence-corrected chi connectivity index (χ4v) is 3.71. The van der Waals surface area contributed by atoms with Gasteiger partial charge in [-0.2, -0.15) is 5.10 Å². The van der Waals surface area contributed by atoms with E-state index in [9.17, 15) is 9.59 Å². The van der Waals surface area contributed by atoms with E-state index in [1.807, 2.05) is 13.0 Å². The third-order valence-electron chi connectivity index (χ3n) is 4.77. The predicted molar refractivity (Wildman–Crippen MR) is 139 cm³/mol. The number of benzene rings is 3. The lowest BCUT2D eigenvalue weighted by atomic mass is 10.2. The van der Waals surface area contributed by atoms with Crippen LogP contribution < -0.4 is 25.0 Å². The molecule has 0 aliphatic rings. The molecule has 8 nitrogen and oxygen atoms in total. The summed E-state index contributed by atoms with van der Waals surface area (Å²) in [7, 11) is 3.01. The van der Waals surface area contributed by atoms with Gasteiger partial charge in [0, 0.05) is 16.3 Å². The largest absolute Gasteiger partial charge is 0.497 e. The number of aryl methyl sites for hydroxylation is 1. The van der Waals surface area contributed by atoms with Crippen molar-refractivity contribution in [1.29, 1.82) is 0 Å². The standard InChI is InChI=1S/C25H23BrClN3O5/c1-15-7-8-18(12-21(15)27)29-23(31)14-35-24-20(26)9-16(10-22(24)34-3)13-28-30-25(32)17-5-4-6-19(11-17)33-2/h4-13H,14H2,1-3H3,(H,29,31)(H,30,32)/b28-13+. The number of methoxy groups -OCH3 is 2. The zero-order valence-corrected chi connectivity index (χ0v) is 21.6. The Bertz CT molecular complexity index is 1270. The van der Waals surface area contributed by atoms with Crippen LogP contribution in [-0.4, -0.2) is 38.9 Å². The molecule has 0 spiro atoms. The third-order valence-corrected chi connectivity index (χ3v) is 5.76. The lowest BCUT2D eigenvalue weighted by Crippen LogP contribution is -2.20. The van der Waals surface area contributed by atoms with E-state index in [1.54, 1.807) is 48.5 Å². The van der Waals surface area contributed by atoms with Gasteiger partial charge in [-0.05, 0) is 76.4 Å². The van der Waals surface area contributed by atoms with Crippen LogP contribution in [0.15, 0.2) is 64.2 Å². The average Bonchev–Trinajstić information content (AvgIpc) is 2.85. The summed E-state index contributed by atoms with van der Waals surface area (Å²) in [6.07, 6.45) is 1.46. The number of carbonyl (C=O) groups is 2. The summed E-state index contributed by atoms with van der Waals surface area (Å²) in [5.74, 6) is 0.562. The predicted octanol–water partition coefficient (Wildman–Crippen LogP) is 5.21. The van der Waals surface area contributed by atoms with Gasteiger partial charge >= 0.3 is 0 Å². The van der Waals surface area contributed by atoms with Gasteiger partial charge in [0.1, 0.15) is 5.75 Å². The highest BCUT2D eigenvalue weighted by Gasteiger charge is 2.14. The lowest BCUT2D eigenvalue weighted by molar-refractivity contribution is -0.118. The summed E-state index contributed by atoms with van der Waals surface area (Å²) in [5, 5.41) is 7.29. The molecule has 0 aliphatic heterocycles. The van der Waals surface area contributed by atoms with E-state index >= 15 is 0 Å². The number of anilines is 1. The molecule has 0 saturated heterocycles. The molecule has 0 aromatic heterocycles. The zero-order valence-electron chi connectivity index (χ0n) is 19.2. The van der Waals surface area contributed by atoms with Gasteiger partial charge in [0.15, 0.2) is 18.1 Å². The van der Waals surface area contributed by atoms with Gasteiger partial charge in [0.25, 0.3) is 11.8 Å². The maximum absolute atomic E-state index is 12.3. The molecule has 3 rings (SSSR count). The Morgan fingerprint density at radius 3 is 2.60 bits per heavy atom. The summed E-state index contributed by atoms with van der Waals surface area (Å²) in [6.45, 7) is 1.63. The van der Waals surface area contributed by atoms with Gasteiger partial charge in [0.05, 0.1) is 24.9 Å². The normalized spacial score (nSPS) is 10.7. The minimum atomic E-state index is -0.382. The van der Waals surface area contributed by atoms with Crippen LogP contribution in [0.4, 0.5) is 5.69 Å². The number of amides is 2. The number of hydrazone groups is 1. The highest BCUT2D eigenvalue weighted by molar-refractivity contribution is 9.10. The SMILES string of the molecule is COc1cccc(C(=O)N/N=C/c2cc(Br)c(OCC(=O)Nc3ccc(C)c(Cl)c3)c(OC)c2)c1. The molecule has 0 saturated carbocycles. The molecule has 3 aromatic rings. The highest BCUT2D eigenvalue weighted by atomic mass is 79.9. The van der Waals surface area contributed by atoms with Crippen LogP contribution in [0.1, 0.15) is 21.5 Å². The van der Waals surface area contributed by atoms with Crippen LogP contribution in [0.2, 0.25) is 5.02 Å². The van der Waals surface area contributed by atoms with Crippen molar-refractivity contribution in [3.8, 4) is 17.2 Å². The first-order valence-electron chi connectivity index (χ1n) is 10.3. The Labute approximate surface area is 216 Å². The van der Waals surface area contributed by atoms with Crippen LogP contribution in [0.5, 0.6) is 17.2 Å². The number of nitrogens with zero attached hydrogens (tertiary/aromatic N) is 1. The van der Waals surface area contributed by atoms with Gasteiger partial charge in [-0.25, -0.2) is 5.43 Å². The van der Waals surface area contributed by atoms with Crippen LogP contribution >= 0.6 is 27.5 Å². The second-order valence-electron chi connectivity index (χ2n) is 7.27. The molecule has 2 amide bonds. The van der Waals surface area contributed by atoms with Crippen LogP contribution in [0, 0.1) is 6.92 Å². The first kappa shape index (κ1) is 26.1. The minimum absolute atomic E-state index is 0.246. The Kier molecular flexibility index (Phi) is 9.11. The smallest absolute Gasteiger partial charge is 0.271 e. The molecule has 0 heterocycles. The second-order valence-corrected chi connectivity index (χ2v) is 8.53. The van der Waals surface area contributed by atoms with E-state index in [0.717, 1.165) is 5.56 Å². The molecule has 0 fully saturated rings. The summed E-state index contributed by atoms with van der Waals surface area (Å²) in [6, 6.07) is 15.4. The second kappa shape index (κ2) is 12.2. The molecular formula is C25H23BrClN3O5. The maximum atomic E-state index is 12.3. The molecular weight excluding hydrogens is 538 g/mol. The van der Waals surface area contributed by atoms with E-state index in [1.165, 1.54) is 20.4 Å². The molecule has 0 radical (unpaired) electrons. The molecule has 0 bridgehead atoms. The minimum Gasteiger partial charge on any atom is -0.497 e. The van der Waals surface area contributed by atoms with Crippen molar-refractivity contribution in [3.63, 3.8) is 0 Å². The number of halogens is 2. The van der Waals surface area contributed by atoms with Crippen LogP contribution in [0.25, 0.3) is 0 Å². The zero-order chi connectivity index (χ0) is 25.4. The van der Waals surface area contributed by atoms with Gasteiger partial charge in [-0.15, -0.1) is 0 Å². The topological polar surface area (TPSA) is 98.3 Å². The lowest BCUT2D eigenvalue weighted by Gasteiger charge is -2.13. The number of ether oxygens (including phenoxy) is 3. The van der Waals surface area contributed by atoms with E-state index < -0.39 is 0 Å². The first-order chi connectivity index (χ1) is 16.8. The summed E-state index contributed by atoms with van der Waals surface area (Å²) in [4.78, 5) is 24.6. The quantitative estimate of drug-likeness (QED) is 0.277. The van der Waals surface area contributed by atoms with E-state index in [2.05, 4.69) is 31.8 Å². The molecule has 10 heteroatoms. The summed E-state index contributed by atoms with van der Waals surface area (Å²) >= 11 is 9.53. The molecule has 0 aliphatic carbocycles. The Balaban J connectivity index is 1.63. The Morgan fingerprint density at radius 1 is 1.09 bits per heavy atom. The van der Waals surface area contributed by atoms with Crippen molar-refractivity contribution in [2.45, 2.75) is 6.92 Å². The van der Waals surface area contributed by atoms with Gasteiger partial charge in [-0.1, -0.05) is 23.7 Å². The molecule has 3 aromatic carbocycles. The third kappa shape index (κ3) is 7.21. The van der Waals surface area contributed by atoms with Crippen LogP contribution in [-0.2, 0) is 4.79 Å². The number of rotatable bonds is 9. The number of hydrogen-bond donors (Lipinski definition) is 2. The van der Waals surface area contributed by atoms with Crippen molar-refractivity contribution in [2.75, 3.05) is 26.1 Å². The Morgan fingerprint density at radius 2 is 1.89 bits per heavy atom. The van der Waals surface area contributed by atoms with Crippen molar-refractivity contribution in [1.82, 2.24) is 5.43 Å². The van der Waals surface area contributed by atoms with Gasteiger partial charge in [0.2, 0.25) is 0 Å². The molecule has 0 atom stereocenters. The molecule has 35 heavy (non-hydrogen) atoms. The van der Waals surface area contributed by atoms with E-state index in [4.69, 9.17) is 25.8 Å². The van der Waals surface area contributed by atoms with Gasteiger partial charge in [-0.3, -0.25) is 9.59 Å². The first-order valence-corrected chi connectivity index (χ1v) is 11.5. The number of hydrogen-bond acceptors (Lipinski definition) is 6. The van der Waals surface area contributed by atoms with Crippen molar-refractivity contribution >= 4 is 51.2 Å². The molecule has 182 valence electrons. The summed E-state index contributed by atoms with van der Waals surface area (Å²) in [5.41, 5.74) is 5.00. The van der Waals surface area contributed by atoms with Crippen molar-refractivity contribution < 1.29 is 23.8 Å². The monoisotopic (exact) mass is 559 g/mol. The maximum Gasteiger partial charge on any atom is 0.271 e. The number of carbonyl (C=O) groups excluding carboxylic acids is 2. The number of nitrogens with one attached hydrogen (secondary N) is 2. The molecule has 2 N–H and O–H groups in total. The van der Waals surface area contributed by atoms with Crippen molar-refractivity contribution in [2.24, 2.45) is 5.10 Å². The van der Waals surface area contributed by atoms with E-state index in [0.29, 0.717) is 43.6 Å². The highest BCUT2D eigenvalue weighted by Crippen LogP contribution is 2.36. The van der Waals surface area contributed by atoms with Crippen LogP contribution in [0.3, 0.4) is 0 Å². The fourth-order valence-electron chi connectivity index (χ4n) is 2.95. The summed E-state index contributed by atoms with van der Waals surface area (Å²) < 4.78 is 16.7. The average molecular weight is 561 g/mol. The Hall–Kier alpha value is -3.56.